The predicted octanol–water partition coefficient (Wildman–Crippen LogP) is 1.52. The monoisotopic (exact) mass is 415 g/mol. The Balaban J connectivity index is 1.66. The summed E-state index contributed by atoms with van der Waals surface area (Å²) in [6.45, 7) is 2.89. The molecule has 158 valence electrons. The maximum absolute atomic E-state index is 13.1. The lowest BCUT2D eigenvalue weighted by Crippen LogP contribution is -2.57. The Bertz CT molecular complexity index is 1050. The Morgan fingerprint density at radius 1 is 1.30 bits per heavy atom. The van der Waals surface area contributed by atoms with Gasteiger partial charge in [-0.2, -0.15) is 0 Å². The number of ether oxygens (including phenoxy) is 2. The van der Waals surface area contributed by atoms with Crippen LogP contribution in [0.15, 0.2) is 35.3 Å². The van der Waals surface area contributed by atoms with E-state index in [4.69, 9.17) is 9.47 Å². The van der Waals surface area contributed by atoms with Crippen LogP contribution in [-0.4, -0.2) is 47.3 Å². The number of nitrogens with one attached hydrogen (secondary N) is 1. The van der Waals surface area contributed by atoms with Gasteiger partial charge in [-0.05, 0) is 31.0 Å². The number of rotatable bonds is 4. The summed E-state index contributed by atoms with van der Waals surface area (Å²) in [6, 6.07) is 5.65. The van der Waals surface area contributed by atoms with E-state index in [9.17, 15) is 18.8 Å². The number of methoxy groups -OCH3 is 1. The van der Waals surface area contributed by atoms with Gasteiger partial charge in [0.15, 0.2) is 17.7 Å². The Morgan fingerprint density at radius 2 is 2.03 bits per heavy atom. The average Bonchev–Trinajstić information content (AvgIpc) is 2.73. The molecule has 0 aliphatic carbocycles. The smallest absolute Gasteiger partial charge is 0.276 e. The van der Waals surface area contributed by atoms with Crippen molar-refractivity contribution >= 4 is 11.8 Å². The summed E-state index contributed by atoms with van der Waals surface area (Å²) in [4.78, 5) is 40.3. The minimum absolute atomic E-state index is 0.0245. The highest BCUT2D eigenvalue weighted by Gasteiger charge is 2.41. The zero-order valence-corrected chi connectivity index (χ0v) is 16.7. The van der Waals surface area contributed by atoms with Gasteiger partial charge in [0.05, 0.1) is 20.3 Å². The standard InChI is InChI=1S/C21H22FN3O5/c1-12-7-8-30-16-11-24-10-15(18(26)19(29-2)17(24)21(28)25(12)16)20(27)23-9-13-3-5-14(22)6-4-13/h3-6,10,12,16H,7-9,11H2,1-2H3,(H,23,27)/t12-,16+/m1/s1. The first-order valence-corrected chi connectivity index (χ1v) is 9.69. The SMILES string of the molecule is COc1c2n(cc(C(=O)NCc3ccc(F)cc3)c1=O)C[C@@H]1OCC[C@@H](C)N1C2=O. The summed E-state index contributed by atoms with van der Waals surface area (Å²) >= 11 is 0. The van der Waals surface area contributed by atoms with Crippen LogP contribution in [0.2, 0.25) is 0 Å². The van der Waals surface area contributed by atoms with Crippen molar-refractivity contribution in [1.29, 1.82) is 0 Å². The Kier molecular flexibility index (Phi) is 5.29. The van der Waals surface area contributed by atoms with Crippen LogP contribution in [0.25, 0.3) is 0 Å². The molecule has 8 nitrogen and oxygen atoms in total. The molecule has 0 unspecified atom stereocenters. The van der Waals surface area contributed by atoms with Gasteiger partial charge in [-0.15, -0.1) is 0 Å². The number of hydrogen-bond donors (Lipinski definition) is 1. The molecule has 3 heterocycles. The van der Waals surface area contributed by atoms with E-state index >= 15 is 0 Å². The maximum atomic E-state index is 13.1. The summed E-state index contributed by atoms with van der Waals surface area (Å²) in [5, 5.41) is 2.65. The number of carbonyl (C=O) groups is 2. The van der Waals surface area contributed by atoms with E-state index in [-0.39, 0.29) is 41.3 Å². The summed E-state index contributed by atoms with van der Waals surface area (Å²) in [6.07, 6.45) is 1.62. The molecule has 2 aromatic rings. The molecule has 1 aromatic heterocycles. The second-order valence-corrected chi connectivity index (χ2v) is 7.39. The number of amides is 2. The third kappa shape index (κ3) is 3.45. The minimum Gasteiger partial charge on any atom is -0.491 e. The van der Waals surface area contributed by atoms with Gasteiger partial charge < -0.3 is 24.3 Å². The molecule has 2 aliphatic heterocycles. The second-order valence-electron chi connectivity index (χ2n) is 7.39. The molecule has 0 spiro atoms. The van der Waals surface area contributed by atoms with E-state index in [1.807, 2.05) is 6.92 Å². The van der Waals surface area contributed by atoms with Crippen LogP contribution in [-0.2, 0) is 17.8 Å². The van der Waals surface area contributed by atoms with Crippen LogP contribution >= 0.6 is 0 Å². The van der Waals surface area contributed by atoms with E-state index in [1.165, 1.54) is 25.4 Å². The number of nitrogens with zero attached hydrogens (tertiary/aromatic N) is 2. The van der Waals surface area contributed by atoms with Crippen molar-refractivity contribution in [2.45, 2.75) is 38.7 Å². The zero-order chi connectivity index (χ0) is 21.4. The van der Waals surface area contributed by atoms with E-state index < -0.39 is 17.6 Å². The summed E-state index contributed by atoms with van der Waals surface area (Å²) in [5.41, 5.74) is 0.0110. The molecular weight excluding hydrogens is 393 g/mol. The Morgan fingerprint density at radius 3 is 2.73 bits per heavy atom. The van der Waals surface area contributed by atoms with Crippen LogP contribution in [0, 0.1) is 5.82 Å². The normalized spacial score (nSPS) is 20.4. The largest absolute Gasteiger partial charge is 0.491 e. The first kappa shape index (κ1) is 20.1. The first-order valence-electron chi connectivity index (χ1n) is 9.69. The molecule has 2 aliphatic rings. The molecule has 0 bridgehead atoms. The second kappa shape index (κ2) is 7.91. The predicted molar refractivity (Wildman–Crippen MR) is 105 cm³/mol. The quantitative estimate of drug-likeness (QED) is 0.818. The molecule has 9 heteroatoms. The molecule has 30 heavy (non-hydrogen) atoms. The van der Waals surface area contributed by atoms with Crippen molar-refractivity contribution in [3.8, 4) is 5.75 Å². The molecule has 1 aromatic carbocycles. The number of fused-ring (bicyclic) bond motifs is 2. The van der Waals surface area contributed by atoms with Gasteiger partial charge in [0.1, 0.15) is 11.4 Å². The van der Waals surface area contributed by atoms with Crippen molar-refractivity contribution < 1.29 is 23.5 Å². The van der Waals surface area contributed by atoms with E-state index in [0.29, 0.717) is 25.1 Å². The molecule has 0 radical (unpaired) electrons. The number of carbonyl (C=O) groups excluding carboxylic acids is 2. The van der Waals surface area contributed by atoms with Crippen LogP contribution in [0.5, 0.6) is 5.75 Å². The van der Waals surface area contributed by atoms with E-state index in [1.54, 1.807) is 21.6 Å². The van der Waals surface area contributed by atoms with Gasteiger partial charge in [-0.1, -0.05) is 12.1 Å². The van der Waals surface area contributed by atoms with Gasteiger partial charge in [0, 0.05) is 18.8 Å². The highest BCUT2D eigenvalue weighted by atomic mass is 19.1. The minimum atomic E-state index is -0.655. The molecule has 1 fully saturated rings. The average molecular weight is 415 g/mol. The molecular formula is C21H22FN3O5. The molecule has 2 amide bonds. The van der Waals surface area contributed by atoms with Crippen molar-refractivity contribution in [1.82, 2.24) is 14.8 Å². The fraction of sp³-hybridized carbons (Fsp3) is 0.381. The van der Waals surface area contributed by atoms with Gasteiger partial charge in [0.25, 0.3) is 11.8 Å². The molecule has 4 rings (SSSR count). The van der Waals surface area contributed by atoms with Gasteiger partial charge in [0.2, 0.25) is 5.43 Å². The van der Waals surface area contributed by atoms with Crippen molar-refractivity contribution in [2.75, 3.05) is 13.7 Å². The van der Waals surface area contributed by atoms with Crippen molar-refractivity contribution in [3.63, 3.8) is 0 Å². The van der Waals surface area contributed by atoms with Gasteiger partial charge >= 0.3 is 0 Å². The van der Waals surface area contributed by atoms with Crippen LogP contribution in [0.1, 0.15) is 39.8 Å². The number of halogens is 1. The molecule has 1 N–H and O–H groups in total. The zero-order valence-electron chi connectivity index (χ0n) is 16.7. The fourth-order valence-electron chi connectivity index (χ4n) is 3.87. The number of pyridine rings is 1. The Labute approximate surface area is 172 Å². The van der Waals surface area contributed by atoms with Crippen LogP contribution in [0.3, 0.4) is 0 Å². The van der Waals surface area contributed by atoms with E-state index in [2.05, 4.69) is 5.32 Å². The molecule has 0 saturated carbocycles. The van der Waals surface area contributed by atoms with Crippen LogP contribution in [0.4, 0.5) is 4.39 Å². The highest BCUT2D eigenvalue weighted by molar-refractivity contribution is 5.99. The van der Waals surface area contributed by atoms with Gasteiger partial charge in [-0.3, -0.25) is 14.4 Å². The highest BCUT2D eigenvalue weighted by Crippen LogP contribution is 2.29. The van der Waals surface area contributed by atoms with Crippen molar-refractivity contribution in [2.24, 2.45) is 0 Å². The van der Waals surface area contributed by atoms with Crippen LogP contribution < -0.4 is 15.5 Å². The third-order valence-corrected chi connectivity index (χ3v) is 5.47. The maximum Gasteiger partial charge on any atom is 0.276 e. The first-order chi connectivity index (χ1) is 14.4. The lowest BCUT2D eigenvalue weighted by Gasteiger charge is -2.44. The number of benzene rings is 1. The fourth-order valence-corrected chi connectivity index (χ4v) is 3.87. The third-order valence-electron chi connectivity index (χ3n) is 5.47. The molecule has 2 atom stereocenters. The lowest BCUT2D eigenvalue weighted by molar-refractivity contribution is -0.112. The summed E-state index contributed by atoms with van der Waals surface area (Å²) < 4.78 is 25.6. The summed E-state index contributed by atoms with van der Waals surface area (Å²) in [7, 11) is 1.30. The molecule has 1 saturated heterocycles. The van der Waals surface area contributed by atoms with Crippen molar-refractivity contribution in [3.05, 3.63) is 63.3 Å². The Hall–Kier alpha value is -3.20. The topological polar surface area (TPSA) is 89.9 Å². The number of hydrogen-bond acceptors (Lipinski definition) is 5. The van der Waals surface area contributed by atoms with E-state index in [0.717, 1.165) is 0 Å². The van der Waals surface area contributed by atoms with Gasteiger partial charge in [-0.25, -0.2) is 4.39 Å². The summed E-state index contributed by atoms with van der Waals surface area (Å²) in [5.74, 6) is -1.50. The lowest BCUT2D eigenvalue weighted by atomic mass is 10.1. The number of aromatic nitrogens is 1.